The second kappa shape index (κ2) is 9.93. The lowest BCUT2D eigenvalue weighted by atomic mass is 10.1. The molecule has 25 heavy (non-hydrogen) atoms. The molecule has 136 valence electrons. The van der Waals surface area contributed by atoms with Gasteiger partial charge in [-0.3, -0.25) is 0 Å². The van der Waals surface area contributed by atoms with E-state index in [1.165, 1.54) is 12.1 Å². The predicted molar refractivity (Wildman–Crippen MR) is 92.6 cm³/mol. The maximum absolute atomic E-state index is 11.3. The molecule has 2 aromatic rings. The minimum atomic E-state index is -4.27. The molecule has 0 spiro atoms. The van der Waals surface area contributed by atoms with Gasteiger partial charge in [0.25, 0.3) is 0 Å². The molecule has 0 aliphatic heterocycles. The first-order valence-corrected chi connectivity index (χ1v) is 9.21. The molecule has 0 aliphatic carbocycles. The summed E-state index contributed by atoms with van der Waals surface area (Å²) in [5, 5.41) is 0. The lowest BCUT2D eigenvalue weighted by molar-refractivity contribution is -0.407. The summed E-state index contributed by atoms with van der Waals surface area (Å²) in [6, 6.07) is 15.3. The van der Waals surface area contributed by atoms with Gasteiger partial charge in [0.15, 0.2) is 6.04 Å². The molecular formula is C18H23NO5S. The van der Waals surface area contributed by atoms with Crippen molar-refractivity contribution < 1.29 is 28.2 Å². The van der Waals surface area contributed by atoms with Gasteiger partial charge in [0, 0.05) is 6.42 Å². The summed E-state index contributed by atoms with van der Waals surface area (Å²) in [5.41, 5.74) is 5.82. The monoisotopic (exact) mass is 365 g/mol. The van der Waals surface area contributed by atoms with E-state index in [-0.39, 0.29) is 16.9 Å². The number of hydrogen-bond donors (Lipinski definition) is 1. The Morgan fingerprint density at radius 3 is 2.16 bits per heavy atom. The number of esters is 1. The first-order chi connectivity index (χ1) is 11.7. The number of rotatable bonds is 5. The maximum atomic E-state index is 11.3. The second-order valence-electron chi connectivity index (χ2n) is 5.41. The third-order valence-corrected chi connectivity index (χ3v) is 4.10. The average Bonchev–Trinajstić information content (AvgIpc) is 2.56. The first kappa shape index (κ1) is 20.8. The Hall–Kier alpha value is -2.22. The fourth-order valence-corrected chi connectivity index (χ4v) is 2.42. The van der Waals surface area contributed by atoms with Gasteiger partial charge in [-0.1, -0.05) is 48.0 Å². The molecule has 0 bridgehead atoms. The molecule has 0 fully saturated rings. The van der Waals surface area contributed by atoms with Gasteiger partial charge in [-0.15, -0.1) is 0 Å². The Balaban J connectivity index is 0.000000257. The van der Waals surface area contributed by atoms with E-state index in [4.69, 9.17) is 4.74 Å². The van der Waals surface area contributed by atoms with Crippen molar-refractivity contribution in [2.24, 2.45) is 0 Å². The molecular weight excluding hydrogens is 342 g/mol. The number of hydrogen-bond acceptors (Lipinski definition) is 5. The van der Waals surface area contributed by atoms with Crippen LogP contribution in [0, 0.1) is 6.92 Å². The molecule has 6 nitrogen and oxygen atoms in total. The lowest BCUT2D eigenvalue weighted by Gasteiger charge is -2.07. The number of carbonyl (C=O) groups excluding carboxylic acids is 1. The summed E-state index contributed by atoms with van der Waals surface area (Å²) in [6.07, 6.45) is 0.639. The minimum absolute atomic E-state index is 0.178. The summed E-state index contributed by atoms with van der Waals surface area (Å²) >= 11 is 0. The number of benzene rings is 2. The van der Waals surface area contributed by atoms with E-state index in [1.807, 2.05) is 37.3 Å². The van der Waals surface area contributed by atoms with E-state index in [9.17, 15) is 17.8 Å². The average molecular weight is 365 g/mol. The molecule has 1 atom stereocenters. The molecule has 7 heteroatoms. The molecule has 2 rings (SSSR count). The van der Waals surface area contributed by atoms with Crippen LogP contribution in [0.2, 0.25) is 0 Å². The zero-order valence-electron chi connectivity index (χ0n) is 14.3. The van der Waals surface area contributed by atoms with Gasteiger partial charge in [-0.05, 0) is 31.5 Å². The van der Waals surface area contributed by atoms with E-state index < -0.39 is 10.1 Å². The Kier molecular flexibility index (Phi) is 8.27. The van der Waals surface area contributed by atoms with Crippen molar-refractivity contribution in [1.29, 1.82) is 0 Å². The lowest BCUT2D eigenvalue weighted by Crippen LogP contribution is -2.66. The van der Waals surface area contributed by atoms with Crippen molar-refractivity contribution in [3.63, 3.8) is 0 Å². The molecule has 0 radical (unpaired) electrons. The van der Waals surface area contributed by atoms with Crippen molar-refractivity contribution in [2.75, 3.05) is 6.61 Å². The standard InChI is InChI=1S/C11H15NO2.C7H8O3S/c1-2-14-11(13)10(12)8-9-6-4-3-5-7-9;1-6-2-4-7(5-3-6)11(8,9)10/h3-7,10H,2,8,12H2,1H3;2-5H,1H3,(H,8,9,10)/t10-;/m0./s1. The Bertz CT molecular complexity index is 758. The minimum Gasteiger partial charge on any atom is -0.744 e. The van der Waals surface area contributed by atoms with Crippen LogP contribution in [0.25, 0.3) is 0 Å². The van der Waals surface area contributed by atoms with E-state index in [2.05, 4.69) is 5.73 Å². The highest BCUT2D eigenvalue weighted by molar-refractivity contribution is 7.85. The highest BCUT2D eigenvalue weighted by atomic mass is 32.2. The van der Waals surface area contributed by atoms with Gasteiger partial charge in [-0.25, -0.2) is 13.2 Å². The topological polar surface area (TPSA) is 111 Å². The normalized spacial score (nSPS) is 11.8. The van der Waals surface area contributed by atoms with Gasteiger partial charge < -0.3 is 15.0 Å². The van der Waals surface area contributed by atoms with E-state index in [1.54, 1.807) is 19.1 Å². The number of ether oxygens (including phenoxy) is 1. The van der Waals surface area contributed by atoms with Crippen LogP contribution in [0.1, 0.15) is 18.1 Å². The molecule has 0 saturated carbocycles. The predicted octanol–water partition coefficient (Wildman–Crippen LogP) is 1.30. The van der Waals surface area contributed by atoms with Gasteiger partial charge in [-0.2, -0.15) is 0 Å². The van der Waals surface area contributed by atoms with E-state index in [0.717, 1.165) is 11.1 Å². The summed E-state index contributed by atoms with van der Waals surface area (Å²) in [5.74, 6) is -0.226. The fraction of sp³-hybridized carbons (Fsp3) is 0.278. The Morgan fingerprint density at radius 1 is 1.12 bits per heavy atom. The first-order valence-electron chi connectivity index (χ1n) is 7.80. The zero-order chi connectivity index (χ0) is 18.9. The summed E-state index contributed by atoms with van der Waals surface area (Å²) in [4.78, 5) is 11.1. The number of aryl methyl sites for hydroxylation is 1. The van der Waals surface area contributed by atoms with Crippen molar-refractivity contribution in [1.82, 2.24) is 0 Å². The Labute approximate surface area is 148 Å². The molecule has 3 N–H and O–H groups in total. The van der Waals surface area contributed by atoms with E-state index >= 15 is 0 Å². The van der Waals surface area contributed by atoms with Crippen LogP contribution in [-0.4, -0.2) is 31.6 Å². The van der Waals surface area contributed by atoms with Crippen LogP contribution in [0.5, 0.6) is 0 Å². The number of carbonyl (C=O) groups is 1. The molecule has 0 heterocycles. The van der Waals surface area contributed by atoms with Crippen LogP contribution in [0.3, 0.4) is 0 Å². The van der Waals surface area contributed by atoms with Crippen LogP contribution in [0.15, 0.2) is 59.5 Å². The smallest absolute Gasteiger partial charge is 0.365 e. The highest BCUT2D eigenvalue weighted by Crippen LogP contribution is 2.08. The molecule has 0 unspecified atom stereocenters. The Morgan fingerprint density at radius 2 is 1.68 bits per heavy atom. The quantitative estimate of drug-likeness (QED) is 0.634. The van der Waals surface area contributed by atoms with Gasteiger partial charge in [0.05, 0.1) is 11.5 Å². The summed E-state index contributed by atoms with van der Waals surface area (Å²) in [7, 11) is -4.27. The molecule has 0 aromatic heterocycles. The van der Waals surface area contributed by atoms with Crippen molar-refractivity contribution in [3.8, 4) is 0 Å². The number of quaternary nitrogens is 1. The fourth-order valence-electron chi connectivity index (χ4n) is 1.95. The zero-order valence-corrected chi connectivity index (χ0v) is 15.2. The maximum Gasteiger partial charge on any atom is 0.365 e. The van der Waals surface area contributed by atoms with Crippen LogP contribution in [0.4, 0.5) is 0 Å². The van der Waals surface area contributed by atoms with Gasteiger partial charge >= 0.3 is 5.97 Å². The summed E-state index contributed by atoms with van der Waals surface area (Å²) < 4.78 is 36.0. The summed E-state index contributed by atoms with van der Waals surface area (Å²) in [6.45, 7) is 4.04. The largest absolute Gasteiger partial charge is 0.744 e. The molecule has 0 saturated heterocycles. The molecule has 0 aliphatic rings. The SMILES string of the molecule is CCOC(=O)[C@@H]([NH3+])Cc1ccccc1.Cc1ccc(S(=O)(=O)[O-])cc1. The van der Waals surface area contributed by atoms with Gasteiger partial charge in [0.2, 0.25) is 0 Å². The van der Waals surface area contributed by atoms with Crippen molar-refractivity contribution in [3.05, 3.63) is 65.7 Å². The van der Waals surface area contributed by atoms with Crippen LogP contribution < -0.4 is 5.73 Å². The van der Waals surface area contributed by atoms with Crippen LogP contribution in [-0.2, 0) is 26.1 Å². The van der Waals surface area contributed by atoms with E-state index in [0.29, 0.717) is 13.0 Å². The van der Waals surface area contributed by atoms with Crippen molar-refractivity contribution in [2.45, 2.75) is 31.2 Å². The second-order valence-corrected chi connectivity index (χ2v) is 6.79. The third-order valence-electron chi connectivity index (χ3n) is 3.25. The van der Waals surface area contributed by atoms with Crippen LogP contribution >= 0.6 is 0 Å². The van der Waals surface area contributed by atoms with Crippen molar-refractivity contribution >= 4 is 16.1 Å². The molecule has 2 aromatic carbocycles. The highest BCUT2D eigenvalue weighted by Gasteiger charge is 2.18. The van der Waals surface area contributed by atoms with Gasteiger partial charge in [0.1, 0.15) is 10.1 Å². The third kappa shape index (κ3) is 7.93. The molecule has 0 amide bonds.